The van der Waals surface area contributed by atoms with Crippen molar-refractivity contribution in [2.45, 2.75) is 13.8 Å². The van der Waals surface area contributed by atoms with Gasteiger partial charge in [-0.25, -0.2) is 0 Å². The van der Waals surface area contributed by atoms with Crippen molar-refractivity contribution in [3.05, 3.63) is 39.8 Å². The standard InChI is InChI=1S/C11H12NO.W/c1-8(2)9(3)6-10-4-5-11(13)12-7-10;/h3-6,8H,1-2H3,(H,12,13);/q-1;/b9-6+;. The van der Waals surface area contributed by atoms with Crippen LogP contribution in [0.15, 0.2) is 22.5 Å². The molecule has 0 spiro atoms. The van der Waals surface area contributed by atoms with E-state index in [9.17, 15) is 4.79 Å². The molecule has 1 rings (SSSR count). The molecule has 14 heavy (non-hydrogen) atoms. The molecule has 0 unspecified atom stereocenters. The van der Waals surface area contributed by atoms with Gasteiger partial charge < -0.3 is 0 Å². The monoisotopic (exact) mass is 358 g/mol. The van der Waals surface area contributed by atoms with Gasteiger partial charge in [-0.15, -0.1) is 0 Å². The predicted molar refractivity (Wildman–Crippen MR) is 54.8 cm³/mol. The maximum absolute atomic E-state index is 10.8. The minimum atomic E-state index is -0.112. The van der Waals surface area contributed by atoms with Gasteiger partial charge >= 0.3 is 94.4 Å². The first kappa shape index (κ1) is 11.3. The SMILES string of the molecule is CC(C)/C([CH]=[W])=C/c1[c-][nH]c(=O)cc1. The van der Waals surface area contributed by atoms with Crippen molar-refractivity contribution in [1.82, 2.24) is 4.98 Å². The molecule has 0 atom stereocenters. The molecule has 1 aromatic rings. The fourth-order valence-corrected chi connectivity index (χ4v) is 2.21. The molecule has 0 amide bonds. The zero-order chi connectivity index (χ0) is 10.6. The molecule has 1 heterocycles. The molecule has 0 aliphatic carbocycles. The fraction of sp³-hybridized carbons (Fsp3) is 0.273. The molecule has 1 N–H and O–H groups in total. The molecule has 0 saturated carbocycles. The van der Waals surface area contributed by atoms with Crippen LogP contribution in [0.25, 0.3) is 6.08 Å². The Labute approximate surface area is 94.5 Å². The summed E-state index contributed by atoms with van der Waals surface area (Å²) in [6, 6.07) is 3.29. The van der Waals surface area contributed by atoms with Gasteiger partial charge in [-0.3, -0.25) is 0 Å². The molecular formula is C11H12NOW-. The molecule has 3 heteroatoms. The number of rotatable bonds is 3. The summed E-state index contributed by atoms with van der Waals surface area (Å²) >= 11 is 1.43. The van der Waals surface area contributed by atoms with Gasteiger partial charge in [0.2, 0.25) is 0 Å². The van der Waals surface area contributed by atoms with E-state index in [-0.39, 0.29) is 5.56 Å². The second-order valence-corrected chi connectivity index (χ2v) is 4.17. The van der Waals surface area contributed by atoms with E-state index >= 15 is 0 Å². The van der Waals surface area contributed by atoms with Crippen LogP contribution < -0.4 is 5.56 Å². The van der Waals surface area contributed by atoms with E-state index in [1.165, 1.54) is 31.0 Å². The van der Waals surface area contributed by atoms with Gasteiger partial charge in [0.25, 0.3) is 0 Å². The van der Waals surface area contributed by atoms with Crippen LogP contribution in [-0.4, -0.2) is 9.38 Å². The quantitative estimate of drug-likeness (QED) is 0.818. The van der Waals surface area contributed by atoms with Gasteiger partial charge in [-0.05, 0) is 0 Å². The summed E-state index contributed by atoms with van der Waals surface area (Å²) in [5, 5.41) is 0. The normalized spacial score (nSPS) is 11.8. The number of allylic oxidation sites excluding steroid dienone is 1. The van der Waals surface area contributed by atoms with Crippen molar-refractivity contribution in [3.8, 4) is 0 Å². The number of pyridine rings is 1. The van der Waals surface area contributed by atoms with Crippen molar-refractivity contribution < 1.29 is 19.4 Å². The summed E-state index contributed by atoms with van der Waals surface area (Å²) in [5.41, 5.74) is 2.09. The Hall–Kier alpha value is -0.752. The zero-order valence-electron chi connectivity index (χ0n) is 8.20. The van der Waals surface area contributed by atoms with Crippen LogP contribution in [-0.2, 0) is 19.4 Å². The van der Waals surface area contributed by atoms with Crippen LogP contribution >= 0.6 is 0 Å². The topological polar surface area (TPSA) is 32.9 Å². The Bertz CT molecular complexity index is 383. The molecule has 0 radical (unpaired) electrons. The Balaban J connectivity index is 3.00. The van der Waals surface area contributed by atoms with Gasteiger partial charge in [-0.1, -0.05) is 0 Å². The molecular weight excluding hydrogens is 346 g/mol. The molecule has 0 saturated heterocycles. The first-order chi connectivity index (χ1) is 6.63. The first-order valence-electron chi connectivity index (χ1n) is 4.41. The summed E-state index contributed by atoms with van der Waals surface area (Å²) in [5.74, 6) is 0.507. The van der Waals surface area contributed by atoms with E-state index in [0.717, 1.165) is 5.56 Å². The zero-order valence-corrected chi connectivity index (χ0v) is 11.1. The third-order valence-electron chi connectivity index (χ3n) is 1.87. The predicted octanol–water partition coefficient (Wildman–Crippen LogP) is 1.56. The van der Waals surface area contributed by atoms with Gasteiger partial charge in [0.1, 0.15) is 0 Å². The average Bonchev–Trinajstić information content (AvgIpc) is 2.16. The molecule has 1 aromatic heterocycles. The van der Waals surface area contributed by atoms with Crippen molar-refractivity contribution in [1.29, 1.82) is 0 Å². The van der Waals surface area contributed by atoms with Gasteiger partial charge in [-0.2, -0.15) is 0 Å². The van der Waals surface area contributed by atoms with Crippen LogP contribution in [0.4, 0.5) is 0 Å². The fourth-order valence-electron chi connectivity index (χ4n) is 0.983. The summed E-state index contributed by atoms with van der Waals surface area (Å²) in [6.45, 7) is 4.30. The van der Waals surface area contributed by atoms with Crippen molar-refractivity contribution in [3.63, 3.8) is 0 Å². The van der Waals surface area contributed by atoms with E-state index in [2.05, 4.69) is 29.4 Å². The molecule has 0 aliphatic heterocycles. The van der Waals surface area contributed by atoms with Crippen LogP contribution in [0, 0.1) is 12.1 Å². The molecule has 0 aliphatic rings. The van der Waals surface area contributed by atoms with E-state index in [1.54, 1.807) is 6.07 Å². The Morgan fingerprint density at radius 3 is 2.71 bits per heavy atom. The summed E-state index contributed by atoms with van der Waals surface area (Å²) < 4.78 is 2.16. The molecule has 74 valence electrons. The third kappa shape index (κ3) is 3.19. The van der Waals surface area contributed by atoms with Crippen LogP contribution in [0.2, 0.25) is 0 Å². The van der Waals surface area contributed by atoms with E-state index in [0.29, 0.717) is 5.92 Å². The number of H-pyrrole nitrogens is 1. The second-order valence-electron chi connectivity index (χ2n) is 3.32. The number of aromatic amines is 1. The Morgan fingerprint density at radius 1 is 1.57 bits per heavy atom. The van der Waals surface area contributed by atoms with E-state index in [4.69, 9.17) is 0 Å². The van der Waals surface area contributed by atoms with Crippen molar-refractivity contribution in [2.24, 2.45) is 5.92 Å². The van der Waals surface area contributed by atoms with Crippen LogP contribution in [0.5, 0.6) is 0 Å². The van der Waals surface area contributed by atoms with E-state index in [1.807, 2.05) is 6.08 Å². The number of nitrogens with one attached hydrogen (secondary N) is 1. The summed E-state index contributed by atoms with van der Waals surface area (Å²) in [4.78, 5) is 13.3. The van der Waals surface area contributed by atoms with Crippen molar-refractivity contribution in [2.75, 3.05) is 0 Å². The minimum absolute atomic E-state index is 0.112. The van der Waals surface area contributed by atoms with Gasteiger partial charge in [0, 0.05) is 0 Å². The Kier molecular flexibility index (Phi) is 4.21. The third-order valence-corrected chi connectivity index (χ3v) is 2.85. The molecule has 0 aromatic carbocycles. The summed E-state index contributed by atoms with van der Waals surface area (Å²) in [7, 11) is 0. The van der Waals surface area contributed by atoms with Gasteiger partial charge in [0.15, 0.2) is 0 Å². The Morgan fingerprint density at radius 2 is 2.29 bits per heavy atom. The maximum atomic E-state index is 10.8. The summed E-state index contributed by atoms with van der Waals surface area (Å²) in [6.07, 6.45) is 4.88. The average molecular weight is 358 g/mol. The number of aromatic nitrogens is 1. The molecule has 2 nitrogen and oxygen atoms in total. The number of hydrogen-bond donors (Lipinski definition) is 1. The molecule has 0 bridgehead atoms. The van der Waals surface area contributed by atoms with E-state index < -0.39 is 0 Å². The second kappa shape index (κ2) is 5.21. The van der Waals surface area contributed by atoms with Crippen molar-refractivity contribution >= 4 is 10.5 Å². The first-order valence-corrected chi connectivity index (χ1v) is 6.10. The van der Waals surface area contributed by atoms with Crippen LogP contribution in [0.1, 0.15) is 19.4 Å². The molecule has 0 fully saturated rings. The van der Waals surface area contributed by atoms with Gasteiger partial charge in [0.05, 0.1) is 0 Å². The van der Waals surface area contributed by atoms with Crippen LogP contribution in [0.3, 0.4) is 0 Å². The number of hydrogen-bond acceptors (Lipinski definition) is 1.